The number of alkyl halides is 3. The lowest BCUT2D eigenvalue weighted by Gasteiger charge is -2.10. The van der Waals surface area contributed by atoms with Crippen molar-refractivity contribution in [2.24, 2.45) is 7.05 Å². The quantitative estimate of drug-likeness (QED) is 0.787. The molecular formula is C16H14F3N3O. The highest BCUT2D eigenvalue weighted by Gasteiger charge is 2.30. The Labute approximate surface area is 130 Å². The molecule has 0 unspecified atom stereocenters. The SMILES string of the molecule is Cn1nc(CNc2ccc(OC(F)(F)F)cc2)c2ccccc21. The van der Waals surface area contributed by atoms with Crippen LogP contribution in [0.3, 0.4) is 0 Å². The molecule has 0 radical (unpaired) electrons. The standard InChI is InChI=1S/C16H14F3N3O/c1-22-15-5-3-2-4-13(15)14(21-22)10-20-11-6-8-12(9-7-11)23-16(17,18)19/h2-9,20H,10H2,1H3. The van der Waals surface area contributed by atoms with Gasteiger partial charge in [-0.25, -0.2) is 0 Å². The van der Waals surface area contributed by atoms with E-state index in [1.54, 1.807) is 4.68 Å². The molecule has 1 aromatic heterocycles. The fraction of sp³-hybridized carbons (Fsp3) is 0.188. The number of fused-ring (bicyclic) bond motifs is 1. The van der Waals surface area contributed by atoms with E-state index >= 15 is 0 Å². The van der Waals surface area contributed by atoms with Crippen molar-refractivity contribution >= 4 is 16.6 Å². The number of hydrogen-bond acceptors (Lipinski definition) is 3. The number of nitrogens with zero attached hydrogens (tertiary/aromatic N) is 2. The van der Waals surface area contributed by atoms with Crippen LogP contribution < -0.4 is 10.1 Å². The van der Waals surface area contributed by atoms with Gasteiger partial charge in [-0.05, 0) is 30.3 Å². The first-order valence-electron chi connectivity index (χ1n) is 6.93. The minimum Gasteiger partial charge on any atom is -0.406 e. The van der Waals surface area contributed by atoms with Gasteiger partial charge in [0.05, 0.1) is 17.8 Å². The summed E-state index contributed by atoms with van der Waals surface area (Å²) in [6.45, 7) is 0.473. The van der Waals surface area contributed by atoms with Gasteiger partial charge in [0.15, 0.2) is 0 Å². The van der Waals surface area contributed by atoms with Gasteiger partial charge < -0.3 is 10.1 Å². The second-order valence-electron chi connectivity index (χ2n) is 5.01. The van der Waals surface area contributed by atoms with Crippen LogP contribution in [0.4, 0.5) is 18.9 Å². The maximum Gasteiger partial charge on any atom is 0.573 e. The van der Waals surface area contributed by atoms with Gasteiger partial charge in [0.2, 0.25) is 0 Å². The molecule has 120 valence electrons. The topological polar surface area (TPSA) is 39.1 Å². The Balaban J connectivity index is 1.70. The lowest BCUT2D eigenvalue weighted by atomic mass is 10.2. The molecule has 0 aliphatic heterocycles. The van der Waals surface area contributed by atoms with Gasteiger partial charge in [-0.15, -0.1) is 13.2 Å². The maximum atomic E-state index is 12.1. The molecule has 0 aliphatic rings. The van der Waals surface area contributed by atoms with Gasteiger partial charge in [0.25, 0.3) is 0 Å². The van der Waals surface area contributed by atoms with Crippen molar-refractivity contribution in [2.45, 2.75) is 12.9 Å². The summed E-state index contributed by atoms with van der Waals surface area (Å²) in [6.07, 6.45) is -4.68. The number of aryl methyl sites for hydroxylation is 1. The minimum absolute atomic E-state index is 0.244. The van der Waals surface area contributed by atoms with E-state index in [4.69, 9.17) is 0 Å². The molecule has 0 bridgehead atoms. The van der Waals surface area contributed by atoms with Crippen molar-refractivity contribution in [2.75, 3.05) is 5.32 Å². The Bertz CT molecular complexity index is 810. The van der Waals surface area contributed by atoms with Gasteiger partial charge in [-0.2, -0.15) is 5.10 Å². The van der Waals surface area contributed by atoms with Crippen LogP contribution >= 0.6 is 0 Å². The lowest BCUT2D eigenvalue weighted by molar-refractivity contribution is -0.274. The average Bonchev–Trinajstić information content (AvgIpc) is 2.82. The normalized spacial score (nSPS) is 11.7. The smallest absolute Gasteiger partial charge is 0.406 e. The second-order valence-corrected chi connectivity index (χ2v) is 5.01. The van der Waals surface area contributed by atoms with Crippen molar-refractivity contribution < 1.29 is 17.9 Å². The monoisotopic (exact) mass is 321 g/mol. The summed E-state index contributed by atoms with van der Waals surface area (Å²) in [5.74, 6) is -0.244. The van der Waals surface area contributed by atoms with E-state index < -0.39 is 6.36 Å². The van der Waals surface area contributed by atoms with Crippen molar-refractivity contribution in [3.63, 3.8) is 0 Å². The molecule has 1 N–H and O–H groups in total. The average molecular weight is 321 g/mol. The first-order valence-corrected chi connectivity index (χ1v) is 6.93. The molecule has 0 aliphatic carbocycles. The molecule has 3 aromatic rings. The summed E-state index contributed by atoms with van der Waals surface area (Å²) < 4.78 is 42.0. The van der Waals surface area contributed by atoms with Gasteiger partial charge in [0.1, 0.15) is 5.75 Å². The van der Waals surface area contributed by atoms with E-state index in [9.17, 15) is 13.2 Å². The Kier molecular flexibility index (Phi) is 3.85. The zero-order valence-corrected chi connectivity index (χ0v) is 12.3. The Morgan fingerprint density at radius 2 is 1.78 bits per heavy atom. The predicted octanol–water partition coefficient (Wildman–Crippen LogP) is 4.08. The second kappa shape index (κ2) is 5.83. The number of ether oxygens (including phenoxy) is 1. The van der Waals surface area contributed by atoms with Crippen LogP contribution in [-0.2, 0) is 13.6 Å². The van der Waals surface area contributed by atoms with Crippen LogP contribution in [0.5, 0.6) is 5.75 Å². The number of rotatable bonds is 4. The molecule has 7 heteroatoms. The third-order valence-electron chi connectivity index (χ3n) is 3.38. The van der Waals surface area contributed by atoms with Crippen LogP contribution in [0, 0.1) is 0 Å². The van der Waals surface area contributed by atoms with Crippen LogP contribution in [-0.4, -0.2) is 16.1 Å². The van der Waals surface area contributed by atoms with Crippen molar-refractivity contribution in [1.29, 1.82) is 0 Å². The minimum atomic E-state index is -4.68. The number of halogens is 3. The van der Waals surface area contributed by atoms with Crippen LogP contribution in [0.25, 0.3) is 10.9 Å². The molecule has 2 aromatic carbocycles. The zero-order chi connectivity index (χ0) is 16.4. The van der Waals surface area contributed by atoms with E-state index in [2.05, 4.69) is 15.2 Å². The van der Waals surface area contributed by atoms with Crippen LogP contribution in [0.2, 0.25) is 0 Å². The molecule has 0 fully saturated rings. The van der Waals surface area contributed by atoms with E-state index in [0.717, 1.165) is 16.6 Å². The van der Waals surface area contributed by atoms with Crippen molar-refractivity contribution in [3.8, 4) is 5.75 Å². The largest absolute Gasteiger partial charge is 0.573 e. The molecule has 0 atom stereocenters. The van der Waals surface area contributed by atoms with Crippen molar-refractivity contribution in [3.05, 3.63) is 54.2 Å². The van der Waals surface area contributed by atoms with Gasteiger partial charge in [-0.3, -0.25) is 4.68 Å². The Hall–Kier alpha value is -2.70. The van der Waals surface area contributed by atoms with E-state index in [1.807, 2.05) is 31.3 Å². The van der Waals surface area contributed by atoms with Crippen LogP contribution in [0.15, 0.2) is 48.5 Å². The molecule has 0 amide bonds. The third-order valence-corrected chi connectivity index (χ3v) is 3.38. The zero-order valence-electron chi connectivity index (χ0n) is 12.3. The molecule has 3 rings (SSSR count). The maximum absolute atomic E-state index is 12.1. The van der Waals surface area contributed by atoms with Gasteiger partial charge >= 0.3 is 6.36 Å². The lowest BCUT2D eigenvalue weighted by Crippen LogP contribution is -2.17. The number of hydrogen-bond donors (Lipinski definition) is 1. The van der Waals surface area contributed by atoms with Crippen molar-refractivity contribution in [1.82, 2.24) is 9.78 Å². The van der Waals surface area contributed by atoms with Crippen LogP contribution in [0.1, 0.15) is 5.69 Å². The molecule has 4 nitrogen and oxygen atoms in total. The summed E-state index contributed by atoms with van der Waals surface area (Å²) in [7, 11) is 1.87. The number of nitrogens with one attached hydrogen (secondary N) is 1. The summed E-state index contributed by atoms with van der Waals surface area (Å²) >= 11 is 0. The highest BCUT2D eigenvalue weighted by molar-refractivity contribution is 5.82. The number of benzene rings is 2. The van der Waals surface area contributed by atoms with Gasteiger partial charge in [-0.1, -0.05) is 18.2 Å². The highest BCUT2D eigenvalue weighted by atomic mass is 19.4. The van der Waals surface area contributed by atoms with E-state index in [0.29, 0.717) is 12.2 Å². The highest BCUT2D eigenvalue weighted by Crippen LogP contribution is 2.24. The Morgan fingerprint density at radius 1 is 1.09 bits per heavy atom. The predicted molar refractivity (Wildman–Crippen MR) is 81.2 cm³/mol. The van der Waals surface area contributed by atoms with E-state index in [-0.39, 0.29) is 5.75 Å². The summed E-state index contributed by atoms with van der Waals surface area (Å²) in [5.41, 5.74) is 2.59. The third kappa shape index (κ3) is 3.56. The summed E-state index contributed by atoms with van der Waals surface area (Å²) in [4.78, 5) is 0. The van der Waals surface area contributed by atoms with E-state index in [1.165, 1.54) is 24.3 Å². The fourth-order valence-corrected chi connectivity index (χ4v) is 2.38. The number of para-hydroxylation sites is 1. The summed E-state index contributed by atoms with van der Waals surface area (Å²) in [6, 6.07) is 13.5. The number of aromatic nitrogens is 2. The Morgan fingerprint density at radius 3 is 2.48 bits per heavy atom. The van der Waals surface area contributed by atoms with Gasteiger partial charge in [0, 0.05) is 18.1 Å². The molecule has 0 saturated heterocycles. The molecule has 23 heavy (non-hydrogen) atoms. The molecule has 0 spiro atoms. The molecule has 1 heterocycles. The fourth-order valence-electron chi connectivity index (χ4n) is 2.38. The summed E-state index contributed by atoms with van der Waals surface area (Å²) in [5, 5.41) is 8.64. The molecular weight excluding hydrogens is 307 g/mol. The number of anilines is 1. The first-order chi connectivity index (χ1) is 10.9. The molecule has 0 saturated carbocycles. The first kappa shape index (κ1) is 15.2.